The number of para-hydroxylation sites is 1. The standard InChI is InChI=1S/C11H13NO/c1-8(13)6-10-7-9-4-2-3-5-11(9)12-10/h2-5,7-8,12-13H,6H2,1H3/t8-/m1/s1. The lowest BCUT2D eigenvalue weighted by Gasteiger charge is -1.99. The summed E-state index contributed by atoms with van der Waals surface area (Å²) >= 11 is 0. The van der Waals surface area contributed by atoms with Gasteiger partial charge in [-0.2, -0.15) is 0 Å². The highest BCUT2D eigenvalue weighted by Gasteiger charge is 2.02. The summed E-state index contributed by atoms with van der Waals surface area (Å²) in [4.78, 5) is 3.27. The minimum absolute atomic E-state index is 0.284. The number of nitrogens with one attached hydrogen (secondary N) is 1. The van der Waals surface area contributed by atoms with E-state index in [-0.39, 0.29) is 6.10 Å². The third-order valence-corrected chi connectivity index (χ3v) is 2.10. The first-order chi connectivity index (χ1) is 6.25. The zero-order valence-electron chi connectivity index (χ0n) is 7.62. The van der Waals surface area contributed by atoms with E-state index in [1.54, 1.807) is 6.92 Å². The van der Waals surface area contributed by atoms with Crippen LogP contribution in [0.5, 0.6) is 0 Å². The summed E-state index contributed by atoms with van der Waals surface area (Å²) in [7, 11) is 0. The normalized spacial score (nSPS) is 13.4. The van der Waals surface area contributed by atoms with Gasteiger partial charge in [-0.15, -0.1) is 0 Å². The lowest BCUT2D eigenvalue weighted by atomic mass is 10.2. The number of aromatic nitrogens is 1. The maximum Gasteiger partial charge on any atom is 0.0566 e. The van der Waals surface area contributed by atoms with Crippen LogP contribution in [0.1, 0.15) is 12.6 Å². The summed E-state index contributed by atoms with van der Waals surface area (Å²) in [5.41, 5.74) is 2.23. The SMILES string of the molecule is C[C@@H](O)Cc1cc2ccccc2[nH]1. The number of benzene rings is 1. The van der Waals surface area contributed by atoms with Gasteiger partial charge in [-0.1, -0.05) is 18.2 Å². The number of H-pyrrole nitrogens is 1. The minimum Gasteiger partial charge on any atom is -0.393 e. The number of aliphatic hydroxyl groups excluding tert-OH is 1. The van der Waals surface area contributed by atoms with Gasteiger partial charge in [-0.05, 0) is 24.4 Å². The van der Waals surface area contributed by atoms with Crippen molar-refractivity contribution < 1.29 is 5.11 Å². The Labute approximate surface area is 77.2 Å². The molecule has 2 rings (SSSR count). The smallest absolute Gasteiger partial charge is 0.0566 e. The van der Waals surface area contributed by atoms with E-state index in [1.165, 1.54) is 5.39 Å². The summed E-state index contributed by atoms with van der Waals surface area (Å²) < 4.78 is 0. The van der Waals surface area contributed by atoms with Gasteiger partial charge in [0.25, 0.3) is 0 Å². The van der Waals surface area contributed by atoms with E-state index in [0.29, 0.717) is 6.42 Å². The van der Waals surface area contributed by atoms with Gasteiger partial charge in [0.2, 0.25) is 0 Å². The summed E-state index contributed by atoms with van der Waals surface area (Å²) in [6.45, 7) is 1.80. The number of hydrogen-bond acceptors (Lipinski definition) is 1. The summed E-state index contributed by atoms with van der Waals surface area (Å²) in [5, 5.41) is 10.4. The first kappa shape index (κ1) is 8.32. The molecule has 1 atom stereocenters. The van der Waals surface area contributed by atoms with Crippen molar-refractivity contribution in [3.63, 3.8) is 0 Å². The van der Waals surface area contributed by atoms with E-state index in [2.05, 4.69) is 17.1 Å². The lowest BCUT2D eigenvalue weighted by Crippen LogP contribution is -2.03. The van der Waals surface area contributed by atoms with Crippen molar-refractivity contribution in [2.75, 3.05) is 0 Å². The maximum absolute atomic E-state index is 9.21. The van der Waals surface area contributed by atoms with Gasteiger partial charge in [-0.3, -0.25) is 0 Å². The molecule has 0 aliphatic heterocycles. The Kier molecular flexibility index (Phi) is 2.07. The number of hydrogen-bond donors (Lipinski definition) is 2. The Morgan fingerprint density at radius 2 is 2.15 bits per heavy atom. The molecule has 0 saturated carbocycles. The third kappa shape index (κ3) is 1.73. The Morgan fingerprint density at radius 1 is 1.38 bits per heavy atom. The van der Waals surface area contributed by atoms with Gasteiger partial charge in [0, 0.05) is 17.6 Å². The van der Waals surface area contributed by atoms with Gasteiger partial charge in [0.15, 0.2) is 0 Å². The fraction of sp³-hybridized carbons (Fsp3) is 0.273. The first-order valence-electron chi connectivity index (χ1n) is 4.50. The largest absolute Gasteiger partial charge is 0.393 e. The predicted molar refractivity (Wildman–Crippen MR) is 53.7 cm³/mol. The Bertz CT molecular complexity index is 370. The molecule has 0 unspecified atom stereocenters. The van der Waals surface area contributed by atoms with Crippen molar-refractivity contribution in [1.29, 1.82) is 0 Å². The minimum atomic E-state index is -0.284. The second-order valence-electron chi connectivity index (χ2n) is 3.43. The molecule has 0 aliphatic rings. The number of rotatable bonds is 2. The zero-order valence-corrected chi connectivity index (χ0v) is 7.62. The second-order valence-corrected chi connectivity index (χ2v) is 3.43. The van der Waals surface area contributed by atoms with E-state index in [4.69, 9.17) is 0 Å². The number of aliphatic hydroxyl groups is 1. The van der Waals surface area contributed by atoms with Crippen LogP contribution >= 0.6 is 0 Å². The Morgan fingerprint density at radius 3 is 2.85 bits per heavy atom. The molecule has 0 amide bonds. The Balaban J connectivity index is 2.38. The van der Waals surface area contributed by atoms with Crippen molar-refractivity contribution in [2.24, 2.45) is 0 Å². The summed E-state index contributed by atoms with van der Waals surface area (Å²) in [6, 6.07) is 10.2. The summed E-state index contributed by atoms with van der Waals surface area (Å²) in [5.74, 6) is 0. The van der Waals surface area contributed by atoms with Gasteiger partial charge >= 0.3 is 0 Å². The topological polar surface area (TPSA) is 36.0 Å². The highest BCUT2D eigenvalue weighted by molar-refractivity contribution is 5.80. The van der Waals surface area contributed by atoms with E-state index >= 15 is 0 Å². The molecule has 0 aliphatic carbocycles. The van der Waals surface area contributed by atoms with Crippen molar-refractivity contribution >= 4 is 10.9 Å². The van der Waals surface area contributed by atoms with E-state index < -0.39 is 0 Å². The molecule has 13 heavy (non-hydrogen) atoms. The molecule has 1 aromatic carbocycles. The molecule has 0 radical (unpaired) electrons. The van der Waals surface area contributed by atoms with Crippen LogP contribution in [0.15, 0.2) is 30.3 Å². The van der Waals surface area contributed by atoms with Crippen LogP contribution in [0.2, 0.25) is 0 Å². The molecule has 2 N–H and O–H groups in total. The van der Waals surface area contributed by atoms with Crippen molar-refractivity contribution in [3.05, 3.63) is 36.0 Å². The highest BCUT2D eigenvalue weighted by atomic mass is 16.3. The van der Waals surface area contributed by atoms with E-state index in [1.807, 2.05) is 18.2 Å². The average molecular weight is 175 g/mol. The molecular weight excluding hydrogens is 162 g/mol. The van der Waals surface area contributed by atoms with Crippen molar-refractivity contribution in [1.82, 2.24) is 4.98 Å². The fourth-order valence-corrected chi connectivity index (χ4v) is 1.56. The number of fused-ring (bicyclic) bond motifs is 1. The van der Waals surface area contributed by atoms with Gasteiger partial charge in [0.05, 0.1) is 6.10 Å². The van der Waals surface area contributed by atoms with Gasteiger partial charge in [-0.25, -0.2) is 0 Å². The van der Waals surface area contributed by atoms with Crippen LogP contribution in [-0.2, 0) is 6.42 Å². The second kappa shape index (κ2) is 3.23. The first-order valence-corrected chi connectivity index (χ1v) is 4.50. The maximum atomic E-state index is 9.21. The van der Waals surface area contributed by atoms with E-state index in [9.17, 15) is 5.11 Å². The third-order valence-electron chi connectivity index (χ3n) is 2.10. The molecule has 68 valence electrons. The highest BCUT2D eigenvalue weighted by Crippen LogP contribution is 2.15. The van der Waals surface area contributed by atoms with E-state index in [0.717, 1.165) is 11.2 Å². The van der Waals surface area contributed by atoms with Crippen molar-refractivity contribution in [2.45, 2.75) is 19.4 Å². The molecule has 2 heteroatoms. The van der Waals surface area contributed by atoms with Crippen LogP contribution in [0.3, 0.4) is 0 Å². The number of aromatic amines is 1. The van der Waals surface area contributed by atoms with Gasteiger partial charge < -0.3 is 10.1 Å². The molecule has 2 aromatic rings. The molecule has 0 bridgehead atoms. The average Bonchev–Trinajstić information content (AvgIpc) is 2.44. The van der Waals surface area contributed by atoms with Gasteiger partial charge in [0.1, 0.15) is 0 Å². The quantitative estimate of drug-likeness (QED) is 0.720. The molecule has 0 spiro atoms. The molecule has 2 nitrogen and oxygen atoms in total. The molecule has 1 heterocycles. The van der Waals surface area contributed by atoms with Crippen molar-refractivity contribution in [3.8, 4) is 0 Å². The molecule has 1 aromatic heterocycles. The fourth-order valence-electron chi connectivity index (χ4n) is 1.56. The molecule has 0 fully saturated rings. The summed E-state index contributed by atoms with van der Waals surface area (Å²) in [6.07, 6.45) is 0.405. The van der Waals surface area contributed by atoms with Crippen LogP contribution in [0.25, 0.3) is 10.9 Å². The predicted octanol–water partition coefficient (Wildman–Crippen LogP) is 2.09. The van der Waals surface area contributed by atoms with Crippen LogP contribution in [0.4, 0.5) is 0 Å². The molecule has 0 saturated heterocycles. The molecular formula is C11H13NO. The monoisotopic (exact) mass is 175 g/mol. The zero-order chi connectivity index (χ0) is 9.26. The van der Waals surface area contributed by atoms with Crippen LogP contribution < -0.4 is 0 Å². The lowest BCUT2D eigenvalue weighted by molar-refractivity contribution is 0.194. The Hall–Kier alpha value is -1.28. The van der Waals surface area contributed by atoms with Crippen LogP contribution in [-0.4, -0.2) is 16.2 Å². The van der Waals surface area contributed by atoms with Crippen LogP contribution in [0, 0.1) is 0 Å².